The zero-order valence-electron chi connectivity index (χ0n) is 11.4. The molecule has 0 aliphatic rings. The molecule has 0 fully saturated rings. The zero-order valence-corrected chi connectivity index (χ0v) is 12.3. The predicted molar refractivity (Wildman–Crippen MR) is 76.0 cm³/mol. The molecule has 10 heteroatoms. The van der Waals surface area contributed by atoms with Crippen molar-refractivity contribution in [3.63, 3.8) is 0 Å². The van der Waals surface area contributed by atoms with Gasteiger partial charge in [-0.25, -0.2) is 17.5 Å². The van der Waals surface area contributed by atoms with Gasteiger partial charge in [0.2, 0.25) is 10.0 Å². The Morgan fingerprint density at radius 3 is 2.52 bits per heavy atom. The number of rotatable bonds is 7. The minimum Gasteiger partial charge on any atom is -0.477 e. The quantitative estimate of drug-likeness (QED) is 0.556. The summed E-state index contributed by atoms with van der Waals surface area (Å²) in [6.45, 7) is -0.0789. The third kappa shape index (κ3) is 4.13. The number of benzene rings is 1. The molecule has 0 amide bonds. The van der Waals surface area contributed by atoms with Gasteiger partial charge in [0.1, 0.15) is 11.3 Å². The van der Waals surface area contributed by atoms with Gasteiger partial charge in [-0.05, 0) is 12.1 Å². The van der Waals surface area contributed by atoms with Crippen LogP contribution in [0.25, 0.3) is 0 Å². The molecule has 0 aliphatic carbocycles. The maximum atomic E-state index is 11.6. The van der Waals surface area contributed by atoms with Crippen molar-refractivity contribution in [3.8, 4) is 0 Å². The van der Waals surface area contributed by atoms with Crippen LogP contribution in [0.15, 0.2) is 18.2 Å². The summed E-state index contributed by atoms with van der Waals surface area (Å²) < 4.78 is 24.2. The first-order valence-corrected chi connectivity index (χ1v) is 7.42. The summed E-state index contributed by atoms with van der Waals surface area (Å²) in [5, 5.41) is 22.5. The van der Waals surface area contributed by atoms with Crippen LogP contribution in [0.4, 0.5) is 11.4 Å². The standard InChI is InChI=1S/C11H15N3O6S/c1-13(2)21(19,20)7-6-12-9-5-3-4-8(11(15)16)10(9)14(17)18/h3-5,12H,6-7H2,1-2H3,(H,15,16). The lowest BCUT2D eigenvalue weighted by Gasteiger charge is -2.12. The second-order valence-electron chi connectivity index (χ2n) is 4.29. The number of hydrogen-bond donors (Lipinski definition) is 2. The summed E-state index contributed by atoms with van der Waals surface area (Å²) in [4.78, 5) is 21.1. The van der Waals surface area contributed by atoms with Crippen LogP contribution in [0.5, 0.6) is 0 Å². The molecule has 0 saturated carbocycles. The summed E-state index contributed by atoms with van der Waals surface area (Å²) in [6.07, 6.45) is 0. The number of para-hydroxylation sites is 1. The van der Waals surface area contributed by atoms with E-state index in [9.17, 15) is 23.3 Å². The topological polar surface area (TPSA) is 130 Å². The van der Waals surface area contributed by atoms with E-state index >= 15 is 0 Å². The number of carbonyl (C=O) groups is 1. The number of carboxylic acid groups (broad SMARTS) is 1. The third-order valence-corrected chi connectivity index (χ3v) is 4.51. The Balaban J connectivity index is 2.97. The molecule has 0 heterocycles. The van der Waals surface area contributed by atoms with Gasteiger partial charge in [-0.3, -0.25) is 10.1 Å². The molecular weight excluding hydrogens is 302 g/mol. The lowest BCUT2D eigenvalue weighted by molar-refractivity contribution is -0.384. The zero-order chi connectivity index (χ0) is 16.2. The summed E-state index contributed by atoms with van der Waals surface area (Å²) >= 11 is 0. The molecule has 21 heavy (non-hydrogen) atoms. The fourth-order valence-electron chi connectivity index (χ4n) is 1.55. The second kappa shape index (κ2) is 6.50. The van der Waals surface area contributed by atoms with E-state index in [2.05, 4.69) is 5.32 Å². The molecule has 0 unspecified atom stereocenters. The second-order valence-corrected chi connectivity index (χ2v) is 6.59. The van der Waals surface area contributed by atoms with Crippen molar-refractivity contribution in [1.29, 1.82) is 0 Å². The molecule has 0 atom stereocenters. The first-order chi connectivity index (χ1) is 9.66. The van der Waals surface area contributed by atoms with E-state index in [0.29, 0.717) is 0 Å². The number of carboxylic acids is 1. The normalized spacial score (nSPS) is 11.4. The molecule has 0 bridgehead atoms. The van der Waals surface area contributed by atoms with E-state index in [1.807, 2.05) is 0 Å². The van der Waals surface area contributed by atoms with Crippen molar-refractivity contribution in [3.05, 3.63) is 33.9 Å². The Morgan fingerprint density at radius 1 is 1.43 bits per heavy atom. The molecule has 0 radical (unpaired) electrons. The minimum absolute atomic E-state index is 0.0335. The Morgan fingerprint density at radius 2 is 2.05 bits per heavy atom. The number of nitrogens with zero attached hydrogens (tertiary/aromatic N) is 2. The Kier molecular flexibility index (Phi) is 5.22. The van der Waals surface area contributed by atoms with Crippen LogP contribution in [0.3, 0.4) is 0 Å². The molecule has 9 nitrogen and oxygen atoms in total. The van der Waals surface area contributed by atoms with E-state index in [-0.39, 0.29) is 18.0 Å². The molecule has 1 rings (SSSR count). The van der Waals surface area contributed by atoms with Crippen molar-refractivity contribution in [1.82, 2.24) is 4.31 Å². The van der Waals surface area contributed by atoms with Gasteiger partial charge in [0.15, 0.2) is 0 Å². The Labute approximate surface area is 121 Å². The molecule has 0 saturated heterocycles. The van der Waals surface area contributed by atoms with Gasteiger partial charge in [0, 0.05) is 20.6 Å². The van der Waals surface area contributed by atoms with Crippen LogP contribution in [-0.4, -0.2) is 55.1 Å². The van der Waals surface area contributed by atoms with Gasteiger partial charge >= 0.3 is 11.7 Å². The molecule has 1 aromatic rings. The number of anilines is 1. The Hall–Kier alpha value is -2.20. The van der Waals surface area contributed by atoms with Crippen molar-refractivity contribution >= 4 is 27.4 Å². The highest BCUT2D eigenvalue weighted by Crippen LogP contribution is 2.28. The van der Waals surface area contributed by atoms with Gasteiger partial charge in [-0.15, -0.1) is 0 Å². The molecular formula is C11H15N3O6S. The first-order valence-electron chi connectivity index (χ1n) is 5.81. The summed E-state index contributed by atoms with van der Waals surface area (Å²) in [6, 6.07) is 3.79. The van der Waals surface area contributed by atoms with Crippen molar-refractivity contribution < 1.29 is 23.2 Å². The number of nitro benzene ring substituents is 1. The number of hydrogen-bond acceptors (Lipinski definition) is 6. The number of nitrogens with one attached hydrogen (secondary N) is 1. The van der Waals surface area contributed by atoms with Crippen LogP contribution in [0.2, 0.25) is 0 Å². The van der Waals surface area contributed by atoms with Gasteiger partial charge in [0.05, 0.1) is 10.7 Å². The molecule has 0 spiro atoms. The summed E-state index contributed by atoms with van der Waals surface area (Å²) in [5.41, 5.74) is -1.08. The maximum Gasteiger partial charge on any atom is 0.342 e. The summed E-state index contributed by atoms with van der Waals surface area (Å²) in [7, 11) is -0.688. The van der Waals surface area contributed by atoms with Crippen LogP contribution >= 0.6 is 0 Å². The van der Waals surface area contributed by atoms with E-state index in [1.165, 1.54) is 26.2 Å². The first kappa shape index (κ1) is 16.9. The van der Waals surface area contributed by atoms with Crippen LogP contribution < -0.4 is 5.32 Å². The number of aromatic carboxylic acids is 1. The lowest BCUT2D eigenvalue weighted by Crippen LogP contribution is -2.28. The lowest BCUT2D eigenvalue weighted by atomic mass is 10.1. The average Bonchev–Trinajstić information content (AvgIpc) is 2.37. The van der Waals surface area contributed by atoms with Crippen LogP contribution in [-0.2, 0) is 10.0 Å². The van der Waals surface area contributed by atoms with Crippen LogP contribution in [0.1, 0.15) is 10.4 Å². The number of sulfonamides is 1. The van der Waals surface area contributed by atoms with Gasteiger partial charge < -0.3 is 10.4 Å². The van der Waals surface area contributed by atoms with Gasteiger partial charge in [0.25, 0.3) is 0 Å². The van der Waals surface area contributed by atoms with Crippen molar-refractivity contribution in [2.24, 2.45) is 0 Å². The van der Waals surface area contributed by atoms with Gasteiger partial charge in [-0.2, -0.15) is 0 Å². The molecule has 116 valence electrons. The third-order valence-electron chi connectivity index (χ3n) is 2.68. The maximum absolute atomic E-state index is 11.6. The van der Waals surface area contributed by atoms with Crippen molar-refractivity contribution in [2.75, 3.05) is 31.7 Å². The van der Waals surface area contributed by atoms with E-state index in [0.717, 1.165) is 10.4 Å². The van der Waals surface area contributed by atoms with E-state index in [4.69, 9.17) is 5.11 Å². The smallest absolute Gasteiger partial charge is 0.342 e. The highest BCUT2D eigenvalue weighted by molar-refractivity contribution is 7.89. The van der Waals surface area contributed by atoms with Gasteiger partial charge in [-0.1, -0.05) is 6.07 Å². The molecule has 0 aromatic heterocycles. The number of nitro groups is 1. The molecule has 0 aliphatic heterocycles. The highest BCUT2D eigenvalue weighted by Gasteiger charge is 2.24. The minimum atomic E-state index is -3.44. The largest absolute Gasteiger partial charge is 0.477 e. The van der Waals surface area contributed by atoms with E-state index in [1.54, 1.807) is 0 Å². The summed E-state index contributed by atoms with van der Waals surface area (Å²) in [5.74, 6) is -1.69. The Bertz CT molecular complexity index is 656. The monoisotopic (exact) mass is 317 g/mol. The fraction of sp³-hybridized carbons (Fsp3) is 0.364. The van der Waals surface area contributed by atoms with E-state index < -0.39 is 32.2 Å². The van der Waals surface area contributed by atoms with Crippen molar-refractivity contribution in [2.45, 2.75) is 0 Å². The molecule has 2 N–H and O–H groups in total. The fourth-order valence-corrected chi connectivity index (χ4v) is 2.28. The van der Waals surface area contributed by atoms with Crippen LogP contribution in [0, 0.1) is 10.1 Å². The molecule has 1 aromatic carbocycles. The average molecular weight is 317 g/mol. The SMILES string of the molecule is CN(C)S(=O)(=O)CCNc1cccc(C(=O)O)c1[N+](=O)[O-]. The predicted octanol–water partition coefficient (Wildman–Crippen LogP) is 0.596. The highest BCUT2D eigenvalue weighted by atomic mass is 32.2.